The van der Waals surface area contributed by atoms with E-state index >= 15 is 0 Å². The highest BCUT2D eigenvalue weighted by molar-refractivity contribution is 4.84. The number of rotatable bonds is 2. The lowest BCUT2D eigenvalue weighted by molar-refractivity contribution is 0.0721. The van der Waals surface area contributed by atoms with Crippen molar-refractivity contribution in [1.29, 1.82) is 0 Å². The molecule has 0 bridgehead atoms. The van der Waals surface area contributed by atoms with E-state index in [0.29, 0.717) is 12.1 Å². The van der Waals surface area contributed by atoms with Gasteiger partial charge in [0.2, 0.25) is 0 Å². The summed E-state index contributed by atoms with van der Waals surface area (Å²) in [7, 11) is 6.44. The Hall–Kier alpha value is -0.120. The lowest BCUT2D eigenvalue weighted by Gasteiger charge is -2.42. The normalized spacial score (nSPS) is 34.0. The summed E-state index contributed by atoms with van der Waals surface area (Å²) in [4.78, 5) is 4.88. The lowest BCUT2D eigenvalue weighted by atomic mass is 10.1. The second kappa shape index (κ2) is 4.21. The fourth-order valence-electron chi connectivity index (χ4n) is 1.81. The summed E-state index contributed by atoms with van der Waals surface area (Å²) in [6.07, 6.45) is 0. The second-order valence-electron chi connectivity index (χ2n) is 3.94. The molecule has 2 atom stereocenters. The molecule has 1 aliphatic rings. The standard InChI is InChI=1S/C9H21N3/c1-8-6-12(4)9(5-10-2)7-11(8)3/h8-10H,5-7H2,1-4H3. The zero-order chi connectivity index (χ0) is 9.14. The SMILES string of the molecule is CNCC1CN(C)C(C)CN1C. The molecule has 1 saturated heterocycles. The number of hydrogen-bond donors (Lipinski definition) is 1. The summed E-state index contributed by atoms with van der Waals surface area (Å²) in [6.45, 7) is 5.74. The first-order chi connectivity index (χ1) is 5.65. The van der Waals surface area contributed by atoms with Crippen molar-refractivity contribution < 1.29 is 0 Å². The molecular formula is C9H21N3. The average molecular weight is 171 g/mol. The zero-order valence-corrected chi connectivity index (χ0v) is 8.67. The molecule has 3 heteroatoms. The molecule has 0 radical (unpaired) electrons. The Bertz CT molecular complexity index is 138. The molecule has 1 heterocycles. The molecule has 12 heavy (non-hydrogen) atoms. The van der Waals surface area contributed by atoms with Crippen LogP contribution in [0, 0.1) is 0 Å². The molecule has 1 aliphatic heterocycles. The molecular weight excluding hydrogens is 150 g/mol. The summed E-state index contributed by atoms with van der Waals surface area (Å²) < 4.78 is 0. The van der Waals surface area contributed by atoms with Crippen molar-refractivity contribution in [3.63, 3.8) is 0 Å². The van der Waals surface area contributed by atoms with E-state index in [0.717, 1.165) is 6.54 Å². The number of hydrogen-bond acceptors (Lipinski definition) is 3. The topological polar surface area (TPSA) is 18.5 Å². The van der Waals surface area contributed by atoms with Crippen molar-refractivity contribution in [2.45, 2.75) is 19.0 Å². The maximum atomic E-state index is 3.23. The third-order valence-corrected chi connectivity index (χ3v) is 2.87. The van der Waals surface area contributed by atoms with Crippen molar-refractivity contribution in [2.75, 3.05) is 40.8 Å². The van der Waals surface area contributed by atoms with Gasteiger partial charge in [-0.25, -0.2) is 0 Å². The van der Waals surface area contributed by atoms with Gasteiger partial charge in [0.15, 0.2) is 0 Å². The molecule has 1 fully saturated rings. The first-order valence-corrected chi connectivity index (χ1v) is 4.70. The molecule has 0 aromatic carbocycles. The minimum absolute atomic E-state index is 0.677. The Balaban J connectivity index is 2.43. The first kappa shape index (κ1) is 9.96. The fraction of sp³-hybridized carbons (Fsp3) is 1.00. The van der Waals surface area contributed by atoms with Crippen LogP contribution in [0.2, 0.25) is 0 Å². The summed E-state index contributed by atoms with van der Waals surface area (Å²) in [5.41, 5.74) is 0. The van der Waals surface area contributed by atoms with E-state index < -0.39 is 0 Å². The number of nitrogens with zero attached hydrogens (tertiary/aromatic N) is 2. The predicted octanol–water partition coefficient (Wildman–Crippen LogP) is -0.160. The van der Waals surface area contributed by atoms with E-state index in [1.165, 1.54) is 13.1 Å². The van der Waals surface area contributed by atoms with Crippen LogP contribution in [0.1, 0.15) is 6.92 Å². The van der Waals surface area contributed by atoms with Crippen LogP contribution >= 0.6 is 0 Å². The molecule has 0 amide bonds. The third-order valence-electron chi connectivity index (χ3n) is 2.87. The molecule has 0 spiro atoms. The Kier molecular flexibility index (Phi) is 3.50. The van der Waals surface area contributed by atoms with Gasteiger partial charge in [0.1, 0.15) is 0 Å². The van der Waals surface area contributed by atoms with Crippen molar-refractivity contribution in [3.05, 3.63) is 0 Å². The maximum absolute atomic E-state index is 3.23. The van der Waals surface area contributed by atoms with E-state index in [1.54, 1.807) is 0 Å². The van der Waals surface area contributed by atoms with Gasteiger partial charge in [-0.3, -0.25) is 4.90 Å². The minimum Gasteiger partial charge on any atom is -0.318 e. The average Bonchev–Trinajstić information content (AvgIpc) is 2.01. The van der Waals surface area contributed by atoms with Crippen molar-refractivity contribution >= 4 is 0 Å². The fourth-order valence-corrected chi connectivity index (χ4v) is 1.81. The summed E-state index contributed by atoms with van der Waals surface area (Å²) in [5, 5.41) is 3.23. The molecule has 2 unspecified atom stereocenters. The first-order valence-electron chi connectivity index (χ1n) is 4.70. The van der Waals surface area contributed by atoms with Gasteiger partial charge in [-0.05, 0) is 28.1 Å². The van der Waals surface area contributed by atoms with Gasteiger partial charge in [0.25, 0.3) is 0 Å². The monoisotopic (exact) mass is 171 g/mol. The van der Waals surface area contributed by atoms with Crippen LogP contribution in [0.3, 0.4) is 0 Å². The summed E-state index contributed by atoms with van der Waals surface area (Å²) in [5.74, 6) is 0. The molecule has 0 aromatic rings. The Morgan fingerprint density at radius 1 is 1.25 bits per heavy atom. The van der Waals surface area contributed by atoms with Crippen LogP contribution in [-0.2, 0) is 0 Å². The van der Waals surface area contributed by atoms with Crippen LogP contribution in [0.25, 0.3) is 0 Å². The summed E-state index contributed by atoms with van der Waals surface area (Å²) >= 11 is 0. The molecule has 72 valence electrons. The van der Waals surface area contributed by atoms with Gasteiger partial charge in [-0.1, -0.05) is 0 Å². The van der Waals surface area contributed by atoms with Gasteiger partial charge < -0.3 is 10.2 Å². The van der Waals surface area contributed by atoms with Crippen LogP contribution < -0.4 is 5.32 Å². The lowest BCUT2D eigenvalue weighted by Crippen LogP contribution is -2.57. The molecule has 0 aromatic heterocycles. The van der Waals surface area contributed by atoms with Gasteiger partial charge in [0, 0.05) is 31.7 Å². The Morgan fingerprint density at radius 3 is 2.50 bits per heavy atom. The van der Waals surface area contributed by atoms with Crippen LogP contribution in [0.15, 0.2) is 0 Å². The van der Waals surface area contributed by atoms with E-state index in [2.05, 4.69) is 36.1 Å². The van der Waals surface area contributed by atoms with Crippen LogP contribution in [-0.4, -0.2) is 62.7 Å². The highest BCUT2D eigenvalue weighted by Gasteiger charge is 2.25. The van der Waals surface area contributed by atoms with Crippen molar-refractivity contribution in [3.8, 4) is 0 Å². The minimum atomic E-state index is 0.677. The van der Waals surface area contributed by atoms with E-state index in [1.807, 2.05) is 7.05 Å². The predicted molar refractivity (Wildman–Crippen MR) is 52.4 cm³/mol. The third kappa shape index (κ3) is 2.19. The van der Waals surface area contributed by atoms with E-state index in [-0.39, 0.29) is 0 Å². The number of nitrogens with one attached hydrogen (secondary N) is 1. The van der Waals surface area contributed by atoms with E-state index in [9.17, 15) is 0 Å². The second-order valence-corrected chi connectivity index (χ2v) is 3.94. The molecule has 1 N–H and O–H groups in total. The van der Waals surface area contributed by atoms with Gasteiger partial charge in [-0.15, -0.1) is 0 Å². The van der Waals surface area contributed by atoms with Gasteiger partial charge in [-0.2, -0.15) is 0 Å². The molecule has 3 nitrogen and oxygen atoms in total. The molecule has 0 aliphatic carbocycles. The van der Waals surface area contributed by atoms with Gasteiger partial charge >= 0.3 is 0 Å². The van der Waals surface area contributed by atoms with Crippen molar-refractivity contribution in [2.24, 2.45) is 0 Å². The van der Waals surface area contributed by atoms with Crippen LogP contribution in [0.4, 0.5) is 0 Å². The highest BCUT2D eigenvalue weighted by Crippen LogP contribution is 2.10. The smallest absolute Gasteiger partial charge is 0.0345 e. The quantitative estimate of drug-likeness (QED) is 0.623. The zero-order valence-electron chi connectivity index (χ0n) is 8.67. The highest BCUT2D eigenvalue weighted by atomic mass is 15.3. The van der Waals surface area contributed by atoms with Crippen LogP contribution in [0.5, 0.6) is 0 Å². The van der Waals surface area contributed by atoms with Gasteiger partial charge in [0.05, 0.1) is 0 Å². The Morgan fingerprint density at radius 2 is 1.92 bits per heavy atom. The molecule has 0 saturated carbocycles. The molecule has 1 rings (SSSR count). The van der Waals surface area contributed by atoms with E-state index in [4.69, 9.17) is 0 Å². The Labute approximate surface area is 75.7 Å². The maximum Gasteiger partial charge on any atom is 0.0345 e. The number of piperazine rings is 1. The number of likely N-dealkylation sites (N-methyl/N-ethyl adjacent to an activating group) is 3. The largest absolute Gasteiger partial charge is 0.318 e. The summed E-state index contributed by atoms with van der Waals surface area (Å²) in [6, 6.07) is 1.37. The van der Waals surface area contributed by atoms with Crippen molar-refractivity contribution in [1.82, 2.24) is 15.1 Å².